The Hall–Kier alpha value is -1.81. The molecule has 0 aliphatic rings. The lowest BCUT2D eigenvalue weighted by atomic mass is 10.2. The lowest BCUT2D eigenvalue weighted by Crippen LogP contribution is -2.16. The SMILES string of the molecule is Cc1cc(OC(F)F)c(S(N)(=O)=O)cc1[N+](=O)[O-]. The van der Waals surface area contributed by atoms with Gasteiger partial charge in [0.1, 0.15) is 10.6 Å². The number of hydrogen-bond donors (Lipinski definition) is 1. The third kappa shape index (κ3) is 3.11. The molecular formula is C8H8F2N2O5S. The van der Waals surface area contributed by atoms with Gasteiger partial charge < -0.3 is 4.74 Å². The number of rotatable bonds is 4. The van der Waals surface area contributed by atoms with Crippen LogP contribution in [0.15, 0.2) is 17.0 Å². The highest BCUT2D eigenvalue weighted by Gasteiger charge is 2.24. The maximum absolute atomic E-state index is 12.1. The number of halogens is 2. The van der Waals surface area contributed by atoms with Crippen LogP contribution < -0.4 is 9.88 Å². The first-order chi connectivity index (χ1) is 8.12. The molecule has 0 heterocycles. The van der Waals surface area contributed by atoms with Crippen LogP contribution in [0, 0.1) is 17.0 Å². The zero-order chi connectivity index (χ0) is 14.1. The van der Waals surface area contributed by atoms with E-state index in [0.717, 1.165) is 6.07 Å². The second kappa shape index (κ2) is 4.82. The van der Waals surface area contributed by atoms with Crippen LogP contribution in [0.4, 0.5) is 14.5 Å². The van der Waals surface area contributed by atoms with Gasteiger partial charge in [0.2, 0.25) is 10.0 Å². The first kappa shape index (κ1) is 14.3. The highest BCUT2D eigenvalue weighted by atomic mass is 32.2. The molecule has 0 saturated carbocycles. The number of benzene rings is 1. The molecule has 0 bridgehead atoms. The number of sulfonamides is 1. The Bertz CT molecular complexity index is 587. The number of hydrogen-bond acceptors (Lipinski definition) is 5. The number of nitrogens with zero attached hydrogens (tertiary/aromatic N) is 1. The Morgan fingerprint density at radius 2 is 2.00 bits per heavy atom. The Labute approximate surface area is 100 Å². The fraction of sp³-hybridized carbons (Fsp3) is 0.250. The van der Waals surface area contributed by atoms with Crippen LogP contribution in [0.3, 0.4) is 0 Å². The van der Waals surface area contributed by atoms with Crippen molar-refractivity contribution in [1.29, 1.82) is 0 Å². The summed E-state index contributed by atoms with van der Waals surface area (Å²) in [5.74, 6) is -0.726. The molecule has 1 aromatic rings. The molecule has 0 saturated heterocycles. The van der Waals surface area contributed by atoms with E-state index in [1.165, 1.54) is 6.92 Å². The summed E-state index contributed by atoms with van der Waals surface area (Å²) >= 11 is 0. The fourth-order valence-corrected chi connectivity index (χ4v) is 1.92. The van der Waals surface area contributed by atoms with Gasteiger partial charge in [0, 0.05) is 11.6 Å². The highest BCUT2D eigenvalue weighted by Crippen LogP contribution is 2.31. The van der Waals surface area contributed by atoms with E-state index in [9.17, 15) is 27.3 Å². The summed E-state index contributed by atoms with van der Waals surface area (Å²) in [5, 5.41) is 15.4. The van der Waals surface area contributed by atoms with Crippen molar-refractivity contribution in [3.8, 4) is 5.75 Å². The molecule has 2 N–H and O–H groups in total. The predicted octanol–water partition coefficient (Wildman–Crippen LogP) is 1.15. The normalized spacial score (nSPS) is 11.6. The van der Waals surface area contributed by atoms with Crippen molar-refractivity contribution in [3.05, 3.63) is 27.8 Å². The predicted molar refractivity (Wildman–Crippen MR) is 55.8 cm³/mol. The molecule has 0 aliphatic carbocycles. The number of primary sulfonamides is 1. The van der Waals surface area contributed by atoms with Crippen LogP contribution >= 0.6 is 0 Å². The zero-order valence-electron chi connectivity index (χ0n) is 8.96. The van der Waals surface area contributed by atoms with E-state index in [1.807, 2.05) is 0 Å². The molecule has 0 aromatic heterocycles. The molecule has 0 spiro atoms. The van der Waals surface area contributed by atoms with Gasteiger partial charge in [-0.15, -0.1) is 0 Å². The number of nitro benzene ring substituents is 1. The van der Waals surface area contributed by atoms with Gasteiger partial charge in [0.25, 0.3) is 5.69 Å². The lowest BCUT2D eigenvalue weighted by molar-refractivity contribution is -0.385. The number of aryl methyl sites for hydroxylation is 1. The number of nitro groups is 1. The third-order valence-electron chi connectivity index (χ3n) is 1.98. The number of ether oxygens (including phenoxy) is 1. The average Bonchev–Trinajstić information content (AvgIpc) is 2.13. The van der Waals surface area contributed by atoms with Crippen molar-refractivity contribution in [1.82, 2.24) is 0 Å². The minimum Gasteiger partial charge on any atom is -0.433 e. The molecule has 0 amide bonds. The average molecular weight is 282 g/mol. The maximum Gasteiger partial charge on any atom is 0.387 e. The quantitative estimate of drug-likeness (QED) is 0.657. The fourth-order valence-electron chi connectivity index (χ4n) is 1.26. The standard InChI is InChI=1S/C8H8F2N2O5S/c1-4-2-6(17-8(9)10)7(18(11,15)16)3-5(4)12(13)14/h2-3,8H,1H3,(H2,11,15,16). The van der Waals surface area contributed by atoms with Gasteiger partial charge in [-0.1, -0.05) is 0 Å². The van der Waals surface area contributed by atoms with Crippen molar-refractivity contribution < 1.29 is 26.9 Å². The molecule has 10 heteroatoms. The Morgan fingerprint density at radius 1 is 1.44 bits per heavy atom. The second-order valence-electron chi connectivity index (χ2n) is 3.27. The van der Waals surface area contributed by atoms with Crippen LogP contribution in [0.5, 0.6) is 5.75 Å². The molecule has 0 radical (unpaired) electrons. The minimum absolute atomic E-state index is 0.0250. The largest absolute Gasteiger partial charge is 0.433 e. The molecule has 100 valence electrons. The Morgan fingerprint density at radius 3 is 2.39 bits per heavy atom. The van der Waals surface area contributed by atoms with Gasteiger partial charge in [-0.2, -0.15) is 8.78 Å². The van der Waals surface area contributed by atoms with Gasteiger partial charge in [0.15, 0.2) is 0 Å². The molecule has 18 heavy (non-hydrogen) atoms. The van der Waals surface area contributed by atoms with Crippen molar-refractivity contribution in [3.63, 3.8) is 0 Å². The van der Waals surface area contributed by atoms with Crippen molar-refractivity contribution in [2.24, 2.45) is 5.14 Å². The summed E-state index contributed by atoms with van der Waals surface area (Å²) in [6.07, 6.45) is 0. The van der Waals surface area contributed by atoms with E-state index in [0.29, 0.717) is 6.07 Å². The van der Waals surface area contributed by atoms with Crippen LogP contribution in [-0.4, -0.2) is 20.0 Å². The third-order valence-corrected chi connectivity index (χ3v) is 2.91. The van der Waals surface area contributed by atoms with E-state index in [1.54, 1.807) is 0 Å². The number of alkyl halides is 2. The number of nitrogens with two attached hydrogens (primary N) is 1. The molecule has 1 aromatic carbocycles. The lowest BCUT2D eigenvalue weighted by Gasteiger charge is -2.10. The summed E-state index contributed by atoms with van der Waals surface area (Å²) < 4.78 is 50.5. The van der Waals surface area contributed by atoms with Crippen LogP contribution in [0.25, 0.3) is 0 Å². The van der Waals surface area contributed by atoms with Crippen LogP contribution in [-0.2, 0) is 10.0 Å². The topological polar surface area (TPSA) is 113 Å². The molecule has 1 rings (SSSR count). The smallest absolute Gasteiger partial charge is 0.387 e. The molecule has 7 nitrogen and oxygen atoms in total. The monoisotopic (exact) mass is 282 g/mol. The van der Waals surface area contributed by atoms with Crippen molar-refractivity contribution in [2.45, 2.75) is 18.4 Å². The van der Waals surface area contributed by atoms with E-state index >= 15 is 0 Å². The summed E-state index contributed by atoms with van der Waals surface area (Å²) in [5.41, 5.74) is -0.580. The van der Waals surface area contributed by atoms with Crippen molar-refractivity contribution in [2.75, 3.05) is 0 Å². The minimum atomic E-state index is -4.41. The molecular weight excluding hydrogens is 274 g/mol. The van der Waals surface area contributed by atoms with Gasteiger partial charge in [-0.3, -0.25) is 10.1 Å². The van der Waals surface area contributed by atoms with Gasteiger partial charge in [0.05, 0.1) is 4.92 Å². The molecule has 0 aliphatic heterocycles. The zero-order valence-corrected chi connectivity index (χ0v) is 9.78. The van der Waals surface area contributed by atoms with Crippen LogP contribution in [0.2, 0.25) is 0 Å². The second-order valence-corrected chi connectivity index (χ2v) is 4.80. The Kier molecular flexibility index (Phi) is 3.82. The first-order valence-electron chi connectivity index (χ1n) is 4.39. The first-order valence-corrected chi connectivity index (χ1v) is 5.94. The van der Waals surface area contributed by atoms with E-state index in [2.05, 4.69) is 4.74 Å². The summed E-state index contributed by atoms with van der Waals surface area (Å²) in [6, 6.07) is 1.41. The van der Waals surface area contributed by atoms with E-state index in [-0.39, 0.29) is 5.56 Å². The van der Waals surface area contributed by atoms with Gasteiger partial charge >= 0.3 is 6.61 Å². The molecule has 0 fully saturated rings. The summed E-state index contributed by atoms with van der Waals surface area (Å²) in [4.78, 5) is 8.90. The van der Waals surface area contributed by atoms with Gasteiger partial charge in [-0.25, -0.2) is 13.6 Å². The Balaban J connectivity index is 3.52. The summed E-state index contributed by atoms with van der Waals surface area (Å²) in [6.45, 7) is -2.02. The van der Waals surface area contributed by atoms with E-state index in [4.69, 9.17) is 5.14 Å². The molecule has 0 atom stereocenters. The van der Waals surface area contributed by atoms with Crippen LogP contribution in [0.1, 0.15) is 5.56 Å². The highest BCUT2D eigenvalue weighted by molar-refractivity contribution is 7.89. The maximum atomic E-state index is 12.1. The van der Waals surface area contributed by atoms with Crippen molar-refractivity contribution >= 4 is 15.7 Å². The van der Waals surface area contributed by atoms with E-state index < -0.39 is 37.9 Å². The van der Waals surface area contributed by atoms with Gasteiger partial charge in [-0.05, 0) is 13.0 Å². The molecule has 0 unspecified atom stereocenters. The summed E-state index contributed by atoms with van der Waals surface area (Å²) in [7, 11) is -4.41.